The highest BCUT2D eigenvalue weighted by atomic mass is 35.5. The highest BCUT2D eigenvalue weighted by molar-refractivity contribution is 6.30. The normalized spacial score (nSPS) is 10.3. The molecular weight excluding hydrogens is 282 g/mol. The minimum absolute atomic E-state index is 0.0566. The number of nitrogens with zero attached hydrogens (tertiary/aromatic N) is 1. The summed E-state index contributed by atoms with van der Waals surface area (Å²) in [5.41, 5.74) is 3.39. The van der Waals surface area contributed by atoms with Crippen molar-refractivity contribution in [3.05, 3.63) is 89.2 Å². The summed E-state index contributed by atoms with van der Waals surface area (Å²) < 4.78 is 0. The summed E-state index contributed by atoms with van der Waals surface area (Å²) >= 11 is 5.82. The quantitative estimate of drug-likeness (QED) is 0.520. The predicted octanol–water partition coefficient (Wildman–Crippen LogP) is 4.63. The molecule has 0 spiro atoms. The van der Waals surface area contributed by atoms with E-state index < -0.39 is 0 Å². The van der Waals surface area contributed by atoms with Crippen molar-refractivity contribution in [1.82, 2.24) is 4.98 Å². The van der Waals surface area contributed by atoms with Gasteiger partial charge in [0.25, 0.3) is 0 Å². The number of hydrogen-bond donors (Lipinski definition) is 0. The van der Waals surface area contributed by atoms with Gasteiger partial charge in [-0.3, -0.25) is 4.79 Å². The van der Waals surface area contributed by atoms with Crippen LogP contribution >= 0.6 is 11.6 Å². The van der Waals surface area contributed by atoms with Gasteiger partial charge < -0.3 is 0 Å². The number of ketones is 1. The zero-order valence-electron chi connectivity index (χ0n) is 11.2. The monoisotopic (exact) mass is 293 g/mol. The van der Waals surface area contributed by atoms with Crippen LogP contribution in [-0.4, -0.2) is 10.8 Å². The van der Waals surface area contributed by atoms with E-state index in [0.717, 1.165) is 11.1 Å². The van der Waals surface area contributed by atoms with Crippen molar-refractivity contribution in [2.75, 3.05) is 0 Å². The topological polar surface area (TPSA) is 30.0 Å². The standard InChI is InChI=1S/C18H12ClNO/c19-17-12-16(10-11-20-17)18(21)15-8-6-14(7-9-15)13-4-2-1-3-5-13/h1-12H. The molecule has 3 rings (SSSR count). The average Bonchev–Trinajstić information content (AvgIpc) is 2.55. The summed E-state index contributed by atoms with van der Waals surface area (Å²) in [6.45, 7) is 0. The summed E-state index contributed by atoms with van der Waals surface area (Å²) in [5.74, 6) is -0.0566. The van der Waals surface area contributed by atoms with Gasteiger partial charge in [-0.1, -0.05) is 66.2 Å². The van der Waals surface area contributed by atoms with E-state index >= 15 is 0 Å². The minimum atomic E-state index is -0.0566. The van der Waals surface area contributed by atoms with Crippen LogP contribution in [0.3, 0.4) is 0 Å². The van der Waals surface area contributed by atoms with E-state index in [2.05, 4.69) is 4.98 Å². The van der Waals surface area contributed by atoms with Gasteiger partial charge in [0.15, 0.2) is 5.78 Å². The van der Waals surface area contributed by atoms with E-state index in [1.165, 1.54) is 6.20 Å². The third-order valence-electron chi connectivity index (χ3n) is 3.24. The summed E-state index contributed by atoms with van der Waals surface area (Å²) in [6.07, 6.45) is 1.54. The molecule has 0 amide bonds. The summed E-state index contributed by atoms with van der Waals surface area (Å²) in [5, 5.41) is 0.321. The van der Waals surface area contributed by atoms with Crippen LogP contribution in [0.25, 0.3) is 11.1 Å². The molecule has 1 aromatic heterocycles. The highest BCUT2D eigenvalue weighted by Crippen LogP contribution is 2.20. The molecule has 2 nitrogen and oxygen atoms in total. The predicted molar refractivity (Wildman–Crippen MR) is 84.6 cm³/mol. The molecule has 2 aromatic carbocycles. The lowest BCUT2D eigenvalue weighted by atomic mass is 10.00. The van der Waals surface area contributed by atoms with Crippen LogP contribution in [0, 0.1) is 0 Å². The largest absolute Gasteiger partial charge is 0.289 e. The zero-order valence-corrected chi connectivity index (χ0v) is 11.9. The Hall–Kier alpha value is -2.45. The molecule has 3 heteroatoms. The van der Waals surface area contributed by atoms with Crippen LogP contribution in [0.5, 0.6) is 0 Å². The Morgan fingerprint density at radius 1 is 0.810 bits per heavy atom. The van der Waals surface area contributed by atoms with Gasteiger partial charge in [0.05, 0.1) is 0 Å². The Balaban J connectivity index is 1.89. The first kappa shape index (κ1) is 13.5. The van der Waals surface area contributed by atoms with Crippen LogP contribution in [0.1, 0.15) is 15.9 Å². The summed E-state index contributed by atoms with van der Waals surface area (Å²) in [7, 11) is 0. The summed E-state index contributed by atoms with van der Waals surface area (Å²) in [6, 6.07) is 20.9. The first-order valence-corrected chi connectivity index (χ1v) is 6.93. The Morgan fingerprint density at radius 2 is 1.48 bits per heavy atom. The maximum Gasteiger partial charge on any atom is 0.193 e. The van der Waals surface area contributed by atoms with Crippen molar-refractivity contribution in [1.29, 1.82) is 0 Å². The number of carbonyl (C=O) groups excluding carboxylic acids is 1. The zero-order chi connectivity index (χ0) is 14.7. The Bertz CT molecular complexity index is 767. The van der Waals surface area contributed by atoms with Gasteiger partial charge in [0.2, 0.25) is 0 Å². The molecule has 1 heterocycles. The molecule has 0 unspecified atom stereocenters. The lowest BCUT2D eigenvalue weighted by molar-refractivity contribution is 0.103. The van der Waals surface area contributed by atoms with Crippen LogP contribution in [-0.2, 0) is 0 Å². The molecule has 0 aliphatic carbocycles. The average molecular weight is 294 g/mol. The molecule has 0 radical (unpaired) electrons. The molecule has 0 N–H and O–H groups in total. The number of benzene rings is 2. The summed E-state index contributed by atoms with van der Waals surface area (Å²) in [4.78, 5) is 16.2. The number of hydrogen-bond acceptors (Lipinski definition) is 2. The maximum absolute atomic E-state index is 12.4. The lowest BCUT2D eigenvalue weighted by Gasteiger charge is -2.04. The molecular formula is C18H12ClNO. The molecule has 3 aromatic rings. The molecule has 0 bridgehead atoms. The van der Waals surface area contributed by atoms with Gasteiger partial charge in [-0.15, -0.1) is 0 Å². The van der Waals surface area contributed by atoms with Crippen molar-refractivity contribution < 1.29 is 4.79 Å². The second kappa shape index (κ2) is 5.90. The van der Waals surface area contributed by atoms with E-state index in [4.69, 9.17) is 11.6 Å². The van der Waals surface area contributed by atoms with E-state index in [1.807, 2.05) is 54.6 Å². The molecule has 21 heavy (non-hydrogen) atoms. The number of rotatable bonds is 3. The molecule has 0 atom stereocenters. The number of aromatic nitrogens is 1. The van der Waals surface area contributed by atoms with Crippen molar-refractivity contribution in [3.8, 4) is 11.1 Å². The fourth-order valence-corrected chi connectivity index (χ4v) is 2.33. The first-order chi connectivity index (χ1) is 10.2. The van der Waals surface area contributed by atoms with Gasteiger partial charge in [0, 0.05) is 17.3 Å². The van der Waals surface area contributed by atoms with Crippen molar-refractivity contribution in [3.63, 3.8) is 0 Å². The van der Waals surface area contributed by atoms with Crippen LogP contribution in [0.4, 0.5) is 0 Å². The molecule has 0 aliphatic rings. The van der Waals surface area contributed by atoms with Gasteiger partial charge >= 0.3 is 0 Å². The van der Waals surface area contributed by atoms with Gasteiger partial charge in [-0.2, -0.15) is 0 Å². The van der Waals surface area contributed by atoms with Crippen LogP contribution < -0.4 is 0 Å². The van der Waals surface area contributed by atoms with Crippen LogP contribution in [0.15, 0.2) is 72.9 Å². The minimum Gasteiger partial charge on any atom is -0.289 e. The third kappa shape index (κ3) is 3.01. The van der Waals surface area contributed by atoms with E-state index in [0.29, 0.717) is 16.3 Å². The Labute approximate surface area is 128 Å². The molecule has 102 valence electrons. The number of pyridine rings is 1. The lowest BCUT2D eigenvalue weighted by Crippen LogP contribution is -2.01. The second-order valence-corrected chi connectivity index (χ2v) is 5.03. The number of carbonyl (C=O) groups is 1. The highest BCUT2D eigenvalue weighted by Gasteiger charge is 2.09. The SMILES string of the molecule is O=C(c1ccc(-c2ccccc2)cc1)c1ccnc(Cl)c1. The third-order valence-corrected chi connectivity index (χ3v) is 3.45. The molecule has 0 saturated heterocycles. The fraction of sp³-hybridized carbons (Fsp3) is 0. The first-order valence-electron chi connectivity index (χ1n) is 6.56. The maximum atomic E-state index is 12.4. The van der Waals surface area contributed by atoms with E-state index in [1.54, 1.807) is 12.1 Å². The Kier molecular flexibility index (Phi) is 3.80. The van der Waals surface area contributed by atoms with E-state index in [-0.39, 0.29) is 5.78 Å². The van der Waals surface area contributed by atoms with Crippen molar-refractivity contribution in [2.45, 2.75) is 0 Å². The molecule has 0 aliphatic heterocycles. The van der Waals surface area contributed by atoms with Crippen molar-refractivity contribution in [2.24, 2.45) is 0 Å². The van der Waals surface area contributed by atoms with Crippen LogP contribution in [0.2, 0.25) is 5.15 Å². The van der Waals surface area contributed by atoms with Crippen molar-refractivity contribution >= 4 is 17.4 Å². The molecule has 0 fully saturated rings. The van der Waals surface area contributed by atoms with Gasteiger partial charge in [0.1, 0.15) is 5.15 Å². The Morgan fingerprint density at radius 3 is 2.14 bits per heavy atom. The van der Waals surface area contributed by atoms with Gasteiger partial charge in [-0.25, -0.2) is 4.98 Å². The number of halogens is 1. The second-order valence-electron chi connectivity index (χ2n) is 4.64. The van der Waals surface area contributed by atoms with Gasteiger partial charge in [-0.05, 0) is 23.3 Å². The molecule has 0 saturated carbocycles. The van der Waals surface area contributed by atoms with E-state index in [9.17, 15) is 4.79 Å². The fourth-order valence-electron chi connectivity index (χ4n) is 2.16. The smallest absolute Gasteiger partial charge is 0.193 e.